The fourth-order valence-electron chi connectivity index (χ4n) is 3.81. The lowest BCUT2D eigenvalue weighted by atomic mass is 10.0. The third kappa shape index (κ3) is 3.88. The molecule has 1 aliphatic heterocycles. The molecule has 2 aromatic heterocycles. The van der Waals surface area contributed by atoms with Crippen LogP contribution in [0.5, 0.6) is 0 Å². The van der Waals surface area contributed by atoms with Gasteiger partial charge >= 0.3 is 5.97 Å². The molecule has 0 aliphatic carbocycles. The smallest absolute Gasteiger partial charge is 0.335 e. The van der Waals surface area contributed by atoms with Crippen molar-refractivity contribution in [2.24, 2.45) is 0 Å². The van der Waals surface area contributed by atoms with Crippen LogP contribution in [0.1, 0.15) is 39.2 Å². The van der Waals surface area contributed by atoms with Crippen molar-refractivity contribution in [3.8, 4) is 11.4 Å². The number of imidazole rings is 1. The molecule has 8 nitrogen and oxygen atoms in total. The number of halogens is 2. The Balaban J connectivity index is 1.44. The van der Waals surface area contributed by atoms with Crippen LogP contribution in [0.25, 0.3) is 11.4 Å². The second-order valence-corrected chi connectivity index (χ2v) is 7.95. The molecule has 0 amide bonds. The van der Waals surface area contributed by atoms with E-state index in [1.165, 1.54) is 12.1 Å². The van der Waals surface area contributed by atoms with Gasteiger partial charge in [-0.25, -0.2) is 14.2 Å². The SMILES string of the molecule is O=C(O)c1ccc(CN2Cc3[nH]cnc3C[C@H]2c2nc(-c3ccc(F)c(Cl)c3)no2)cc1. The molecule has 2 aromatic carbocycles. The van der Waals surface area contributed by atoms with Crippen molar-refractivity contribution in [1.29, 1.82) is 0 Å². The predicted molar refractivity (Wildman–Crippen MR) is 112 cm³/mol. The number of rotatable bonds is 5. The minimum Gasteiger partial charge on any atom is -0.478 e. The van der Waals surface area contributed by atoms with Gasteiger partial charge in [0.2, 0.25) is 11.7 Å². The third-order valence-electron chi connectivity index (χ3n) is 5.49. The molecule has 0 saturated heterocycles. The molecular formula is C22H17ClFN5O3. The zero-order chi connectivity index (χ0) is 22.2. The Labute approximate surface area is 186 Å². The number of aromatic amines is 1. The fourth-order valence-corrected chi connectivity index (χ4v) is 3.99. The second kappa shape index (κ2) is 8.18. The van der Waals surface area contributed by atoms with Gasteiger partial charge in [-0.05, 0) is 35.9 Å². The van der Waals surface area contributed by atoms with Crippen LogP contribution in [0.4, 0.5) is 4.39 Å². The number of nitrogens with zero attached hydrogens (tertiary/aromatic N) is 4. The highest BCUT2D eigenvalue weighted by atomic mass is 35.5. The Bertz CT molecular complexity index is 1290. The lowest BCUT2D eigenvalue weighted by Crippen LogP contribution is -2.34. The number of aromatic carboxylic acids is 1. The monoisotopic (exact) mass is 453 g/mol. The summed E-state index contributed by atoms with van der Waals surface area (Å²) < 4.78 is 19.1. The summed E-state index contributed by atoms with van der Waals surface area (Å²) in [6.45, 7) is 1.13. The first-order chi connectivity index (χ1) is 15.5. The molecule has 5 rings (SSSR count). The van der Waals surface area contributed by atoms with Crippen molar-refractivity contribution < 1.29 is 18.8 Å². The molecule has 162 valence electrons. The number of nitrogens with one attached hydrogen (secondary N) is 1. The van der Waals surface area contributed by atoms with Crippen LogP contribution >= 0.6 is 11.6 Å². The first-order valence-corrected chi connectivity index (χ1v) is 10.2. The minimum absolute atomic E-state index is 0.0147. The van der Waals surface area contributed by atoms with E-state index in [0.29, 0.717) is 36.8 Å². The molecule has 32 heavy (non-hydrogen) atoms. The maximum absolute atomic E-state index is 13.5. The van der Waals surface area contributed by atoms with E-state index < -0.39 is 11.8 Å². The van der Waals surface area contributed by atoms with E-state index in [-0.39, 0.29) is 16.6 Å². The van der Waals surface area contributed by atoms with E-state index in [4.69, 9.17) is 21.2 Å². The summed E-state index contributed by atoms with van der Waals surface area (Å²) in [4.78, 5) is 25.4. The van der Waals surface area contributed by atoms with Gasteiger partial charge in [-0.1, -0.05) is 28.9 Å². The van der Waals surface area contributed by atoms with Crippen LogP contribution < -0.4 is 0 Å². The van der Waals surface area contributed by atoms with Crippen molar-refractivity contribution >= 4 is 17.6 Å². The number of H-pyrrole nitrogens is 1. The van der Waals surface area contributed by atoms with Gasteiger partial charge in [0, 0.05) is 25.1 Å². The Kier molecular flexibility index (Phi) is 5.20. The van der Waals surface area contributed by atoms with Gasteiger partial charge in [0.05, 0.1) is 34.3 Å². The molecule has 0 spiro atoms. The molecule has 0 unspecified atom stereocenters. The Hall–Kier alpha value is -3.56. The number of carbonyl (C=O) groups is 1. The van der Waals surface area contributed by atoms with Crippen molar-refractivity contribution in [2.75, 3.05) is 0 Å². The maximum Gasteiger partial charge on any atom is 0.335 e. The number of hydrogen-bond donors (Lipinski definition) is 2. The molecule has 0 radical (unpaired) electrons. The summed E-state index contributed by atoms with van der Waals surface area (Å²) in [5.74, 6) is -0.747. The molecule has 1 atom stereocenters. The number of carboxylic acid groups (broad SMARTS) is 1. The molecule has 10 heteroatoms. The number of fused-ring (bicyclic) bond motifs is 1. The second-order valence-electron chi connectivity index (χ2n) is 7.54. The van der Waals surface area contributed by atoms with E-state index >= 15 is 0 Å². The molecule has 2 N–H and O–H groups in total. The molecule has 0 bridgehead atoms. The van der Waals surface area contributed by atoms with Gasteiger partial charge in [0.15, 0.2) is 0 Å². The van der Waals surface area contributed by atoms with Crippen LogP contribution in [-0.4, -0.2) is 36.1 Å². The highest BCUT2D eigenvalue weighted by Crippen LogP contribution is 2.33. The van der Waals surface area contributed by atoms with E-state index in [2.05, 4.69) is 25.0 Å². The van der Waals surface area contributed by atoms with Crippen LogP contribution in [0, 0.1) is 5.82 Å². The highest BCUT2D eigenvalue weighted by Gasteiger charge is 2.33. The van der Waals surface area contributed by atoms with Gasteiger partial charge in [-0.2, -0.15) is 4.98 Å². The van der Waals surface area contributed by atoms with Crippen molar-refractivity contribution in [1.82, 2.24) is 25.0 Å². The van der Waals surface area contributed by atoms with E-state index in [9.17, 15) is 9.18 Å². The van der Waals surface area contributed by atoms with Gasteiger partial charge in [-0.3, -0.25) is 4.90 Å². The molecule has 0 fully saturated rings. The normalized spacial score (nSPS) is 16.1. The standard InChI is InChI=1S/C22H17ClFN5O3/c23-15-7-14(5-6-16(15)24)20-27-21(32-28-20)19-8-17-18(26-11-25-17)10-29(19)9-12-1-3-13(4-2-12)22(30)31/h1-7,11,19H,8-10H2,(H,25,26)(H,30,31)/t19-/m0/s1. The Morgan fingerprint density at radius 3 is 2.84 bits per heavy atom. The molecule has 0 saturated carbocycles. The minimum atomic E-state index is -0.964. The zero-order valence-electron chi connectivity index (χ0n) is 16.6. The largest absolute Gasteiger partial charge is 0.478 e. The van der Waals surface area contributed by atoms with Crippen LogP contribution in [-0.2, 0) is 19.5 Å². The zero-order valence-corrected chi connectivity index (χ0v) is 17.4. The fraction of sp³-hybridized carbons (Fsp3) is 0.182. The summed E-state index contributed by atoms with van der Waals surface area (Å²) in [6, 6.07) is 10.8. The molecule has 4 aromatic rings. The van der Waals surface area contributed by atoms with Gasteiger partial charge in [0.1, 0.15) is 5.82 Å². The topological polar surface area (TPSA) is 108 Å². The van der Waals surface area contributed by atoms with E-state index in [1.807, 2.05) is 0 Å². The first kappa shape index (κ1) is 20.3. The Morgan fingerprint density at radius 2 is 2.09 bits per heavy atom. The van der Waals surface area contributed by atoms with Gasteiger partial charge in [-0.15, -0.1) is 0 Å². The van der Waals surface area contributed by atoms with E-state index in [0.717, 1.165) is 17.0 Å². The molecule has 1 aliphatic rings. The summed E-state index contributed by atoms with van der Waals surface area (Å²) in [5.41, 5.74) is 3.68. The summed E-state index contributed by atoms with van der Waals surface area (Å²) in [7, 11) is 0. The molecule has 3 heterocycles. The summed E-state index contributed by atoms with van der Waals surface area (Å²) in [5, 5.41) is 13.2. The quantitative estimate of drug-likeness (QED) is 0.465. The summed E-state index contributed by atoms with van der Waals surface area (Å²) >= 11 is 5.89. The lowest BCUT2D eigenvalue weighted by molar-refractivity contribution is 0.0697. The van der Waals surface area contributed by atoms with Crippen LogP contribution in [0.2, 0.25) is 5.02 Å². The lowest BCUT2D eigenvalue weighted by Gasteiger charge is -2.32. The number of hydrogen-bond acceptors (Lipinski definition) is 6. The van der Waals surface area contributed by atoms with Crippen molar-refractivity contribution in [3.63, 3.8) is 0 Å². The summed E-state index contributed by atoms with van der Waals surface area (Å²) in [6.07, 6.45) is 2.23. The van der Waals surface area contributed by atoms with Crippen LogP contribution in [0.3, 0.4) is 0 Å². The van der Waals surface area contributed by atoms with E-state index in [1.54, 1.807) is 36.7 Å². The average molecular weight is 454 g/mol. The predicted octanol–water partition coefficient (Wildman–Crippen LogP) is 4.25. The third-order valence-corrected chi connectivity index (χ3v) is 5.78. The average Bonchev–Trinajstić information content (AvgIpc) is 3.45. The van der Waals surface area contributed by atoms with Crippen molar-refractivity contribution in [2.45, 2.75) is 25.6 Å². The van der Waals surface area contributed by atoms with Crippen molar-refractivity contribution in [3.05, 3.63) is 88.0 Å². The van der Waals surface area contributed by atoms with Gasteiger partial charge in [0.25, 0.3) is 0 Å². The number of aromatic nitrogens is 4. The number of carboxylic acids is 1. The maximum atomic E-state index is 13.5. The van der Waals surface area contributed by atoms with Gasteiger partial charge < -0.3 is 14.6 Å². The van der Waals surface area contributed by atoms with Crippen LogP contribution in [0.15, 0.2) is 53.3 Å². The highest BCUT2D eigenvalue weighted by molar-refractivity contribution is 6.31. The number of benzene rings is 2. The Morgan fingerprint density at radius 1 is 1.28 bits per heavy atom. The first-order valence-electron chi connectivity index (χ1n) is 9.84. The molecular weight excluding hydrogens is 437 g/mol.